The second-order valence-corrected chi connectivity index (χ2v) is 4.21. The molecule has 0 bridgehead atoms. The number of pyridine rings is 1. The molecule has 0 saturated carbocycles. The van der Waals surface area contributed by atoms with Crippen LogP contribution < -0.4 is 5.73 Å². The summed E-state index contributed by atoms with van der Waals surface area (Å²) in [4.78, 5) is 4.14. The highest BCUT2D eigenvalue weighted by Crippen LogP contribution is 2.32. The molecule has 2 rings (SSSR count). The molecule has 0 fully saturated rings. The minimum atomic E-state index is 0.292. The van der Waals surface area contributed by atoms with Crippen molar-refractivity contribution < 1.29 is 0 Å². The fraction of sp³-hybridized carbons (Fsp3) is 0. The van der Waals surface area contributed by atoms with Crippen LogP contribution in [-0.4, -0.2) is 4.98 Å². The van der Waals surface area contributed by atoms with Gasteiger partial charge in [0.15, 0.2) is 0 Å². The SMILES string of the molecule is N#Cc1ccc(N)c(-c2ccc(Cl)cc2Cl)n1. The van der Waals surface area contributed by atoms with Gasteiger partial charge < -0.3 is 5.73 Å². The van der Waals surface area contributed by atoms with Gasteiger partial charge in [0.2, 0.25) is 0 Å². The molecule has 0 saturated heterocycles. The molecule has 1 aromatic heterocycles. The van der Waals surface area contributed by atoms with Gasteiger partial charge in [-0.1, -0.05) is 23.2 Å². The molecule has 2 N–H and O–H groups in total. The molecule has 5 heteroatoms. The molecule has 2 aromatic rings. The summed E-state index contributed by atoms with van der Waals surface area (Å²) in [6.07, 6.45) is 0. The summed E-state index contributed by atoms with van der Waals surface area (Å²) in [6, 6.07) is 10.2. The molecule has 0 unspecified atom stereocenters. The molecule has 0 radical (unpaired) electrons. The third-order valence-corrected chi connectivity index (χ3v) is 2.78. The zero-order chi connectivity index (χ0) is 12.4. The van der Waals surface area contributed by atoms with Crippen molar-refractivity contribution in [3.05, 3.63) is 46.1 Å². The Labute approximate surface area is 108 Å². The van der Waals surface area contributed by atoms with Gasteiger partial charge in [-0.3, -0.25) is 0 Å². The van der Waals surface area contributed by atoms with E-state index in [4.69, 9.17) is 34.2 Å². The number of nitrogens with zero attached hydrogens (tertiary/aromatic N) is 2. The van der Waals surface area contributed by atoms with E-state index < -0.39 is 0 Å². The van der Waals surface area contributed by atoms with Crippen LogP contribution in [0.3, 0.4) is 0 Å². The molecule has 0 amide bonds. The summed E-state index contributed by atoms with van der Waals surface area (Å²) in [5.41, 5.74) is 7.73. The van der Waals surface area contributed by atoms with Gasteiger partial charge in [-0.15, -0.1) is 0 Å². The van der Waals surface area contributed by atoms with Crippen LogP contribution in [0.4, 0.5) is 5.69 Å². The van der Waals surface area contributed by atoms with Gasteiger partial charge in [0.05, 0.1) is 16.4 Å². The maximum absolute atomic E-state index is 8.81. The maximum Gasteiger partial charge on any atom is 0.141 e. The number of aromatic nitrogens is 1. The highest BCUT2D eigenvalue weighted by Gasteiger charge is 2.10. The zero-order valence-corrected chi connectivity index (χ0v) is 10.1. The highest BCUT2D eigenvalue weighted by atomic mass is 35.5. The van der Waals surface area contributed by atoms with Gasteiger partial charge in [0.1, 0.15) is 11.8 Å². The van der Waals surface area contributed by atoms with Gasteiger partial charge in [-0.05, 0) is 30.3 Å². The summed E-state index contributed by atoms with van der Waals surface area (Å²) in [5, 5.41) is 9.79. The Morgan fingerprint density at radius 2 is 1.94 bits per heavy atom. The Balaban J connectivity index is 2.64. The molecule has 0 aliphatic heterocycles. The van der Waals surface area contributed by atoms with Crippen molar-refractivity contribution in [3.8, 4) is 17.3 Å². The summed E-state index contributed by atoms with van der Waals surface area (Å²) >= 11 is 11.9. The first-order valence-electron chi connectivity index (χ1n) is 4.74. The smallest absolute Gasteiger partial charge is 0.141 e. The lowest BCUT2D eigenvalue weighted by Crippen LogP contribution is -1.96. The van der Waals surface area contributed by atoms with Crippen LogP contribution in [0.2, 0.25) is 10.0 Å². The van der Waals surface area contributed by atoms with Crippen LogP contribution in [0.15, 0.2) is 30.3 Å². The van der Waals surface area contributed by atoms with Crippen LogP contribution in [0.1, 0.15) is 5.69 Å². The summed E-state index contributed by atoms with van der Waals surface area (Å²) in [6.45, 7) is 0. The standard InChI is InChI=1S/C12H7Cl2N3/c13-7-1-3-9(10(14)5-7)12-11(16)4-2-8(6-15)17-12/h1-5H,16H2. The normalized spacial score (nSPS) is 9.94. The Morgan fingerprint density at radius 3 is 2.59 bits per heavy atom. The second kappa shape index (κ2) is 4.62. The average molecular weight is 264 g/mol. The van der Waals surface area contributed by atoms with E-state index in [1.54, 1.807) is 30.3 Å². The Kier molecular flexibility index (Phi) is 3.19. The van der Waals surface area contributed by atoms with E-state index in [0.29, 0.717) is 32.7 Å². The Morgan fingerprint density at radius 1 is 1.18 bits per heavy atom. The molecule has 17 heavy (non-hydrogen) atoms. The summed E-state index contributed by atoms with van der Waals surface area (Å²) < 4.78 is 0. The molecule has 84 valence electrons. The first-order valence-corrected chi connectivity index (χ1v) is 5.49. The van der Waals surface area contributed by atoms with Crippen LogP contribution in [0.5, 0.6) is 0 Å². The highest BCUT2D eigenvalue weighted by molar-refractivity contribution is 6.36. The van der Waals surface area contributed by atoms with Gasteiger partial charge >= 0.3 is 0 Å². The number of anilines is 1. The molecule has 3 nitrogen and oxygen atoms in total. The van der Waals surface area contributed by atoms with Crippen molar-refractivity contribution in [2.24, 2.45) is 0 Å². The predicted molar refractivity (Wildman–Crippen MR) is 68.8 cm³/mol. The number of rotatable bonds is 1. The predicted octanol–water partition coefficient (Wildman–Crippen LogP) is 3.51. The third-order valence-electron chi connectivity index (χ3n) is 2.23. The van der Waals surface area contributed by atoms with Gasteiger partial charge in [0, 0.05) is 10.6 Å². The molecule has 0 atom stereocenters. The van der Waals surface area contributed by atoms with E-state index in [1.807, 2.05) is 6.07 Å². The summed E-state index contributed by atoms with van der Waals surface area (Å²) in [7, 11) is 0. The van der Waals surface area contributed by atoms with E-state index in [1.165, 1.54) is 0 Å². The number of nitrogen functional groups attached to an aromatic ring is 1. The van der Waals surface area contributed by atoms with Crippen LogP contribution >= 0.6 is 23.2 Å². The molecule has 0 aliphatic carbocycles. The van der Waals surface area contributed by atoms with Crippen molar-refractivity contribution in [3.63, 3.8) is 0 Å². The van der Waals surface area contributed by atoms with E-state index in [9.17, 15) is 0 Å². The first-order chi connectivity index (χ1) is 8.11. The molecule has 1 heterocycles. The lowest BCUT2D eigenvalue weighted by Gasteiger charge is -2.07. The number of halogens is 2. The minimum absolute atomic E-state index is 0.292. The monoisotopic (exact) mass is 263 g/mol. The largest absolute Gasteiger partial charge is 0.397 e. The minimum Gasteiger partial charge on any atom is -0.397 e. The van der Waals surface area contributed by atoms with Crippen LogP contribution in [-0.2, 0) is 0 Å². The molecule has 1 aromatic carbocycles. The molecular formula is C12H7Cl2N3. The topological polar surface area (TPSA) is 62.7 Å². The quantitative estimate of drug-likeness (QED) is 0.857. The van der Waals surface area contributed by atoms with Crippen molar-refractivity contribution >= 4 is 28.9 Å². The van der Waals surface area contributed by atoms with Gasteiger partial charge in [-0.25, -0.2) is 4.98 Å². The van der Waals surface area contributed by atoms with Crippen molar-refractivity contribution in [1.82, 2.24) is 4.98 Å². The molecule has 0 spiro atoms. The molecule has 0 aliphatic rings. The lowest BCUT2D eigenvalue weighted by atomic mass is 10.1. The van der Waals surface area contributed by atoms with Gasteiger partial charge in [-0.2, -0.15) is 5.26 Å². The van der Waals surface area contributed by atoms with E-state index >= 15 is 0 Å². The Bertz CT molecular complexity index is 618. The van der Waals surface area contributed by atoms with Crippen molar-refractivity contribution in [2.75, 3.05) is 5.73 Å². The zero-order valence-electron chi connectivity index (χ0n) is 8.61. The number of hydrogen-bond acceptors (Lipinski definition) is 3. The number of nitriles is 1. The Hall–Kier alpha value is -1.76. The van der Waals surface area contributed by atoms with E-state index in [-0.39, 0.29) is 0 Å². The average Bonchev–Trinajstić information content (AvgIpc) is 2.30. The number of hydrogen-bond donors (Lipinski definition) is 1. The van der Waals surface area contributed by atoms with Crippen LogP contribution in [0, 0.1) is 11.3 Å². The second-order valence-electron chi connectivity index (χ2n) is 3.37. The molecular weight excluding hydrogens is 257 g/mol. The van der Waals surface area contributed by atoms with Gasteiger partial charge in [0.25, 0.3) is 0 Å². The van der Waals surface area contributed by atoms with Crippen molar-refractivity contribution in [2.45, 2.75) is 0 Å². The summed E-state index contributed by atoms with van der Waals surface area (Å²) in [5.74, 6) is 0. The first kappa shape index (κ1) is 11.7. The van der Waals surface area contributed by atoms with E-state index in [2.05, 4.69) is 4.98 Å². The fourth-order valence-corrected chi connectivity index (χ4v) is 1.93. The number of nitrogens with two attached hydrogens (primary N) is 1. The number of benzene rings is 1. The lowest BCUT2D eigenvalue weighted by molar-refractivity contribution is 1.27. The maximum atomic E-state index is 8.81. The third kappa shape index (κ3) is 2.33. The van der Waals surface area contributed by atoms with Crippen LogP contribution in [0.25, 0.3) is 11.3 Å². The fourth-order valence-electron chi connectivity index (χ4n) is 1.43. The van der Waals surface area contributed by atoms with E-state index in [0.717, 1.165) is 0 Å². The van der Waals surface area contributed by atoms with Crippen molar-refractivity contribution in [1.29, 1.82) is 5.26 Å².